The highest BCUT2D eigenvalue weighted by atomic mass is 79.9. The van der Waals surface area contributed by atoms with Crippen molar-refractivity contribution in [2.45, 2.75) is 25.7 Å². The first kappa shape index (κ1) is 14.8. The third kappa shape index (κ3) is 2.96. The molecule has 1 N–H and O–H groups in total. The van der Waals surface area contributed by atoms with Gasteiger partial charge in [0.15, 0.2) is 11.5 Å². The van der Waals surface area contributed by atoms with E-state index in [-0.39, 0.29) is 6.42 Å². The average Bonchev–Trinajstić information content (AvgIpc) is 2.26. The van der Waals surface area contributed by atoms with Crippen LogP contribution in [0.4, 0.5) is 0 Å². The second-order valence-electron chi connectivity index (χ2n) is 4.62. The van der Waals surface area contributed by atoms with Gasteiger partial charge >= 0.3 is 5.97 Å². The van der Waals surface area contributed by atoms with Crippen LogP contribution in [0, 0.1) is 0 Å². The molecule has 100 valence electrons. The Kier molecular flexibility index (Phi) is 4.62. The summed E-state index contributed by atoms with van der Waals surface area (Å²) in [5, 5.41) is 8.97. The quantitative estimate of drug-likeness (QED) is 0.906. The number of rotatable bonds is 5. The third-order valence-electron chi connectivity index (χ3n) is 2.79. The first-order chi connectivity index (χ1) is 8.33. The van der Waals surface area contributed by atoms with E-state index in [1.807, 2.05) is 26.0 Å². The van der Waals surface area contributed by atoms with Crippen molar-refractivity contribution in [1.82, 2.24) is 0 Å². The zero-order valence-corrected chi connectivity index (χ0v) is 12.5. The number of halogens is 1. The Balaban J connectivity index is 3.36. The molecule has 0 aliphatic carbocycles. The summed E-state index contributed by atoms with van der Waals surface area (Å²) in [5.74, 6) is 0.301. The van der Waals surface area contributed by atoms with Crippen molar-refractivity contribution in [1.29, 1.82) is 0 Å². The summed E-state index contributed by atoms with van der Waals surface area (Å²) in [5.41, 5.74) is 0.276. The fourth-order valence-corrected chi connectivity index (χ4v) is 2.41. The molecule has 0 saturated carbocycles. The first-order valence-electron chi connectivity index (χ1n) is 5.46. The Morgan fingerprint density at radius 3 is 2.28 bits per heavy atom. The standard InChI is InChI=1S/C13H17BrO4/c1-13(2,7-10(15)16)8-5-6-9(14)12(18-4)11(8)17-3/h5-6H,7H2,1-4H3,(H,15,16). The molecule has 1 aromatic rings. The first-order valence-corrected chi connectivity index (χ1v) is 6.25. The van der Waals surface area contributed by atoms with Crippen LogP contribution in [0.2, 0.25) is 0 Å². The second-order valence-corrected chi connectivity index (χ2v) is 5.47. The summed E-state index contributed by atoms with van der Waals surface area (Å²) < 4.78 is 11.4. The van der Waals surface area contributed by atoms with Crippen LogP contribution in [-0.4, -0.2) is 25.3 Å². The normalized spacial score (nSPS) is 11.2. The maximum absolute atomic E-state index is 10.9. The smallest absolute Gasteiger partial charge is 0.304 e. The van der Waals surface area contributed by atoms with Gasteiger partial charge in [0.1, 0.15) is 0 Å². The van der Waals surface area contributed by atoms with Crippen LogP contribution < -0.4 is 9.47 Å². The van der Waals surface area contributed by atoms with E-state index < -0.39 is 11.4 Å². The lowest BCUT2D eigenvalue weighted by Gasteiger charge is -2.26. The van der Waals surface area contributed by atoms with E-state index in [4.69, 9.17) is 14.6 Å². The van der Waals surface area contributed by atoms with Crippen LogP contribution in [0.15, 0.2) is 16.6 Å². The van der Waals surface area contributed by atoms with Gasteiger partial charge in [-0.05, 0) is 22.0 Å². The van der Waals surface area contributed by atoms with Crippen LogP contribution in [0.25, 0.3) is 0 Å². The molecule has 0 radical (unpaired) electrons. The molecule has 1 rings (SSSR count). The molecular formula is C13H17BrO4. The zero-order chi connectivity index (χ0) is 13.9. The summed E-state index contributed by atoms with van der Waals surface area (Å²) in [6.45, 7) is 3.73. The van der Waals surface area contributed by atoms with Gasteiger partial charge in [0.25, 0.3) is 0 Å². The molecule has 1 aromatic carbocycles. The Morgan fingerprint density at radius 1 is 1.28 bits per heavy atom. The van der Waals surface area contributed by atoms with Crippen LogP contribution >= 0.6 is 15.9 Å². The van der Waals surface area contributed by atoms with E-state index in [2.05, 4.69) is 15.9 Å². The largest absolute Gasteiger partial charge is 0.493 e. The summed E-state index contributed by atoms with van der Waals surface area (Å²) in [4.78, 5) is 10.9. The molecule has 0 spiro atoms. The summed E-state index contributed by atoms with van der Waals surface area (Å²) in [7, 11) is 3.10. The SMILES string of the molecule is COc1c(Br)ccc(C(C)(C)CC(=O)O)c1OC. The Labute approximate surface area is 115 Å². The summed E-state index contributed by atoms with van der Waals surface area (Å²) in [6.07, 6.45) is 0.0220. The Bertz CT molecular complexity index is 455. The Morgan fingerprint density at radius 2 is 1.83 bits per heavy atom. The van der Waals surface area contributed by atoms with Gasteiger partial charge in [-0.3, -0.25) is 4.79 Å². The lowest BCUT2D eigenvalue weighted by molar-refractivity contribution is -0.138. The molecule has 0 amide bonds. The number of benzene rings is 1. The van der Waals surface area contributed by atoms with Gasteiger partial charge < -0.3 is 14.6 Å². The van der Waals surface area contributed by atoms with E-state index in [9.17, 15) is 4.79 Å². The minimum absolute atomic E-state index is 0.0220. The highest BCUT2D eigenvalue weighted by Crippen LogP contribution is 2.43. The molecule has 0 aliphatic rings. The van der Waals surface area contributed by atoms with Gasteiger partial charge in [-0.25, -0.2) is 0 Å². The van der Waals surface area contributed by atoms with Crippen LogP contribution in [-0.2, 0) is 10.2 Å². The Hall–Kier alpha value is -1.23. The highest BCUT2D eigenvalue weighted by Gasteiger charge is 2.29. The average molecular weight is 317 g/mol. The maximum Gasteiger partial charge on any atom is 0.304 e. The minimum Gasteiger partial charge on any atom is -0.493 e. The van der Waals surface area contributed by atoms with E-state index in [1.165, 1.54) is 0 Å². The van der Waals surface area contributed by atoms with E-state index in [0.29, 0.717) is 11.5 Å². The van der Waals surface area contributed by atoms with Gasteiger partial charge in [0.2, 0.25) is 0 Å². The number of ether oxygens (including phenoxy) is 2. The van der Waals surface area contributed by atoms with E-state index >= 15 is 0 Å². The number of carbonyl (C=O) groups is 1. The van der Waals surface area contributed by atoms with Crippen molar-refractivity contribution in [3.8, 4) is 11.5 Å². The molecule has 0 aromatic heterocycles. The maximum atomic E-state index is 10.9. The molecular weight excluding hydrogens is 300 g/mol. The van der Waals surface area contributed by atoms with Crippen molar-refractivity contribution in [2.75, 3.05) is 14.2 Å². The predicted molar refractivity (Wildman–Crippen MR) is 72.5 cm³/mol. The lowest BCUT2D eigenvalue weighted by atomic mass is 9.81. The van der Waals surface area contributed by atoms with Crippen molar-refractivity contribution in [3.63, 3.8) is 0 Å². The molecule has 0 aliphatic heterocycles. The predicted octanol–water partition coefficient (Wildman–Crippen LogP) is 3.22. The molecule has 0 saturated heterocycles. The monoisotopic (exact) mass is 316 g/mol. The number of carboxylic acids is 1. The van der Waals surface area contributed by atoms with Crippen molar-refractivity contribution >= 4 is 21.9 Å². The van der Waals surface area contributed by atoms with Crippen LogP contribution in [0.1, 0.15) is 25.8 Å². The van der Waals surface area contributed by atoms with Crippen molar-refractivity contribution in [2.24, 2.45) is 0 Å². The molecule has 0 heterocycles. The van der Waals surface area contributed by atoms with Gasteiger partial charge in [0, 0.05) is 11.0 Å². The van der Waals surface area contributed by atoms with Gasteiger partial charge in [-0.2, -0.15) is 0 Å². The molecule has 18 heavy (non-hydrogen) atoms. The fraction of sp³-hybridized carbons (Fsp3) is 0.462. The van der Waals surface area contributed by atoms with E-state index in [0.717, 1.165) is 10.0 Å². The molecule has 0 bridgehead atoms. The molecule has 0 unspecified atom stereocenters. The van der Waals surface area contributed by atoms with Gasteiger partial charge in [-0.1, -0.05) is 19.9 Å². The summed E-state index contributed by atoms with van der Waals surface area (Å²) >= 11 is 3.38. The fourth-order valence-electron chi connectivity index (χ4n) is 1.94. The van der Waals surface area contributed by atoms with Gasteiger partial charge in [-0.15, -0.1) is 0 Å². The summed E-state index contributed by atoms with van der Waals surface area (Å²) in [6, 6.07) is 3.69. The lowest BCUT2D eigenvalue weighted by Crippen LogP contribution is -2.22. The van der Waals surface area contributed by atoms with Gasteiger partial charge in [0.05, 0.1) is 25.1 Å². The van der Waals surface area contributed by atoms with Crippen LogP contribution in [0.5, 0.6) is 11.5 Å². The van der Waals surface area contributed by atoms with E-state index in [1.54, 1.807) is 14.2 Å². The molecule has 5 heteroatoms. The number of methoxy groups -OCH3 is 2. The number of carboxylic acid groups (broad SMARTS) is 1. The molecule has 0 fully saturated rings. The van der Waals surface area contributed by atoms with Crippen LogP contribution in [0.3, 0.4) is 0 Å². The van der Waals surface area contributed by atoms with Crippen molar-refractivity contribution in [3.05, 3.63) is 22.2 Å². The van der Waals surface area contributed by atoms with Crippen molar-refractivity contribution < 1.29 is 19.4 Å². The minimum atomic E-state index is -0.844. The third-order valence-corrected chi connectivity index (χ3v) is 3.42. The topological polar surface area (TPSA) is 55.8 Å². The molecule has 0 atom stereocenters. The number of hydrogen-bond acceptors (Lipinski definition) is 3. The zero-order valence-electron chi connectivity index (χ0n) is 10.9. The number of aliphatic carboxylic acids is 1. The number of hydrogen-bond donors (Lipinski definition) is 1. The second kappa shape index (κ2) is 5.61. The molecule has 4 nitrogen and oxygen atoms in total. The highest BCUT2D eigenvalue weighted by molar-refractivity contribution is 9.10.